The number of nitrogens with zero attached hydrogens (tertiary/aromatic N) is 3. The van der Waals surface area contributed by atoms with E-state index in [1.807, 2.05) is 0 Å². The fourth-order valence-electron chi connectivity index (χ4n) is 2.75. The van der Waals surface area contributed by atoms with Gasteiger partial charge < -0.3 is 15.1 Å². The van der Waals surface area contributed by atoms with Gasteiger partial charge in [-0.2, -0.15) is 5.26 Å². The van der Waals surface area contributed by atoms with Crippen molar-refractivity contribution in [2.24, 2.45) is 0 Å². The summed E-state index contributed by atoms with van der Waals surface area (Å²) in [6, 6.07) is 9.59. The summed E-state index contributed by atoms with van der Waals surface area (Å²) >= 11 is 0. The van der Waals surface area contributed by atoms with Crippen molar-refractivity contribution in [3.63, 3.8) is 0 Å². The van der Waals surface area contributed by atoms with Crippen molar-refractivity contribution in [3.8, 4) is 6.07 Å². The maximum Gasteiger partial charge on any atom is 0.225 e. The summed E-state index contributed by atoms with van der Waals surface area (Å²) in [5, 5.41) is 11.6. The molecule has 1 saturated heterocycles. The smallest absolute Gasteiger partial charge is 0.225 e. The largest absolute Gasteiger partial charge is 0.326 e. The van der Waals surface area contributed by atoms with Crippen LogP contribution >= 0.6 is 0 Å². The molecule has 22 heavy (non-hydrogen) atoms. The quantitative estimate of drug-likeness (QED) is 0.902. The number of likely N-dealkylation sites (tertiary alicyclic amines) is 1. The van der Waals surface area contributed by atoms with Gasteiger partial charge in [0.25, 0.3) is 0 Å². The van der Waals surface area contributed by atoms with Gasteiger partial charge in [-0.05, 0) is 64.3 Å². The fourth-order valence-corrected chi connectivity index (χ4v) is 2.75. The summed E-state index contributed by atoms with van der Waals surface area (Å²) in [6.07, 6.45) is 2.83. The van der Waals surface area contributed by atoms with Gasteiger partial charge in [-0.1, -0.05) is 0 Å². The summed E-state index contributed by atoms with van der Waals surface area (Å²) in [5.74, 6) is 0.0180. The van der Waals surface area contributed by atoms with Crippen LogP contribution in [0.25, 0.3) is 0 Å². The van der Waals surface area contributed by atoms with Crippen molar-refractivity contribution in [2.45, 2.75) is 25.3 Å². The second-order valence-electron chi connectivity index (χ2n) is 6.00. The lowest BCUT2D eigenvalue weighted by Gasteiger charge is -2.35. The molecule has 1 amide bonds. The van der Waals surface area contributed by atoms with Gasteiger partial charge in [0.2, 0.25) is 5.91 Å². The Morgan fingerprint density at radius 3 is 2.59 bits per heavy atom. The molecule has 1 aliphatic rings. The van der Waals surface area contributed by atoms with E-state index in [1.165, 1.54) is 12.8 Å². The van der Waals surface area contributed by atoms with Crippen molar-refractivity contribution in [2.75, 3.05) is 39.0 Å². The number of benzene rings is 1. The summed E-state index contributed by atoms with van der Waals surface area (Å²) in [4.78, 5) is 16.6. The van der Waals surface area contributed by atoms with E-state index in [-0.39, 0.29) is 5.91 Å². The number of amides is 1. The van der Waals surface area contributed by atoms with Gasteiger partial charge in [0.1, 0.15) is 0 Å². The average molecular weight is 300 g/mol. The normalized spacial score (nSPS) is 16.5. The molecule has 1 N–H and O–H groups in total. The maximum absolute atomic E-state index is 12.0. The summed E-state index contributed by atoms with van der Waals surface area (Å²) in [5.41, 5.74) is 1.34. The van der Waals surface area contributed by atoms with Crippen molar-refractivity contribution in [1.82, 2.24) is 9.80 Å². The van der Waals surface area contributed by atoms with Crippen LogP contribution in [0.2, 0.25) is 0 Å². The van der Waals surface area contributed by atoms with Crippen LogP contribution in [0.5, 0.6) is 0 Å². The highest BCUT2D eigenvalue weighted by atomic mass is 16.1. The van der Waals surface area contributed by atoms with Gasteiger partial charge >= 0.3 is 0 Å². The van der Waals surface area contributed by atoms with Gasteiger partial charge in [0.15, 0.2) is 0 Å². The monoisotopic (exact) mass is 300 g/mol. The first-order chi connectivity index (χ1) is 10.6. The fraction of sp³-hybridized carbons (Fsp3) is 0.529. The molecule has 118 valence electrons. The first kappa shape index (κ1) is 16.5. The molecule has 1 aromatic rings. The highest BCUT2D eigenvalue weighted by molar-refractivity contribution is 5.90. The number of hydrogen-bond donors (Lipinski definition) is 1. The molecule has 0 aliphatic carbocycles. The van der Waals surface area contributed by atoms with Gasteiger partial charge in [0, 0.05) is 24.7 Å². The minimum Gasteiger partial charge on any atom is -0.326 e. The third-order valence-electron chi connectivity index (χ3n) is 4.30. The highest BCUT2D eigenvalue weighted by Gasteiger charge is 2.20. The van der Waals surface area contributed by atoms with Crippen LogP contribution in [-0.4, -0.2) is 55.5 Å². The lowest BCUT2D eigenvalue weighted by atomic mass is 10.0. The Morgan fingerprint density at radius 1 is 1.36 bits per heavy atom. The number of hydrogen-bond acceptors (Lipinski definition) is 4. The van der Waals surface area contributed by atoms with E-state index < -0.39 is 0 Å². The van der Waals surface area contributed by atoms with Gasteiger partial charge in [-0.25, -0.2) is 0 Å². The van der Waals surface area contributed by atoms with Crippen LogP contribution in [0, 0.1) is 11.3 Å². The predicted molar refractivity (Wildman–Crippen MR) is 87.6 cm³/mol. The molecule has 1 heterocycles. The van der Waals surface area contributed by atoms with Crippen molar-refractivity contribution in [1.29, 1.82) is 5.26 Å². The van der Waals surface area contributed by atoms with E-state index in [0.717, 1.165) is 25.3 Å². The summed E-state index contributed by atoms with van der Waals surface area (Å²) in [6.45, 7) is 3.04. The Kier molecular flexibility index (Phi) is 5.93. The Morgan fingerprint density at radius 2 is 2.00 bits per heavy atom. The van der Waals surface area contributed by atoms with E-state index in [2.05, 4.69) is 35.3 Å². The first-order valence-electron chi connectivity index (χ1n) is 7.77. The molecule has 0 bridgehead atoms. The number of nitriles is 1. The number of carbonyl (C=O) groups excluding carboxylic acids is 1. The zero-order valence-electron chi connectivity index (χ0n) is 13.4. The second-order valence-corrected chi connectivity index (χ2v) is 6.00. The number of nitrogens with one attached hydrogen (secondary N) is 1. The number of piperidine rings is 1. The van der Waals surface area contributed by atoms with Gasteiger partial charge in [-0.3, -0.25) is 4.79 Å². The third kappa shape index (κ3) is 4.83. The lowest BCUT2D eigenvalue weighted by molar-refractivity contribution is -0.116. The molecule has 2 rings (SSSR count). The van der Waals surface area contributed by atoms with E-state index in [1.54, 1.807) is 24.3 Å². The molecule has 0 unspecified atom stereocenters. The van der Waals surface area contributed by atoms with E-state index >= 15 is 0 Å². The van der Waals surface area contributed by atoms with Crippen LogP contribution in [0.1, 0.15) is 24.8 Å². The van der Waals surface area contributed by atoms with Crippen LogP contribution in [-0.2, 0) is 4.79 Å². The van der Waals surface area contributed by atoms with E-state index in [4.69, 9.17) is 5.26 Å². The van der Waals surface area contributed by atoms with Crippen LogP contribution < -0.4 is 5.32 Å². The highest BCUT2D eigenvalue weighted by Crippen LogP contribution is 2.14. The Labute approximate surface area is 132 Å². The second kappa shape index (κ2) is 7.92. The minimum absolute atomic E-state index is 0.0180. The minimum atomic E-state index is 0.0180. The van der Waals surface area contributed by atoms with Gasteiger partial charge in [-0.15, -0.1) is 0 Å². The van der Waals surface area contributed by atoms with Crippen LogP contribution in [0.4, 0.5) is 5.69 Å². The zero-order chi connectivity index (χ0) is 15.9. The summed E-state index contributed by atoms with van der Waals surface area (Å²) < 4.78 is 0. The lowest BCUT2D eigenvalue weighted by Crippen LogP contribution is -2.42. The Balaban J connectivity index is 1.73. The molecular weight excluding hydrogens is 276 g/mol. The Hall–Kier alpha value is -1.90. The van der Waals surface area contributed by atoms with Crippen molar-refractivity contribution in [3.05, 3.63) is 29.8 Å². The van der Waals surface area contributed by atoms with E-state index in [0.29, 0.717) is 18.0 Å². The van der Waals surface area contributed by atoms with Crippen molar-refractivity contribution < 1.29 is 4.79 Å². The maximum atomic E-state index is 12.0. The molecular formula is C17H24N4O. The SMILES string of the molecule is CN1CCC(N(C)CCC(=O)Nc2ccc(C#N)cc2)CC1. The number of rotatable bonds is 5. The van der Waals surface area contributed by atoms with Gasteiger partial charge in [0.05, 0.1) is 11.6 Å². The molecule has 0 spiro atoms. The predicted octanol–water partition coefficient (Wildman–Crippen LogP) is 1.91. The summed E-state index contributed by atoms with van der Waals surface area (Å²) in [7, 11) is 4.26. The Bertz CT molecular complexity index is 527. The first-order valence-corrected chi connectivity index (χ1v) is 7.77. The molecule has 0 aromatic heterocycles. The molecule has 1 aromatic carbocycles. The number of carbonyl (C=O) groups is 1. The number of anilines is 1. The average Bonchev–Trinajstić information content (AvgIpc) is 2.54. The molecule has 0 saturated carbocycles. The molecule has 1 fully saturated rings. The standard InChI is InChI=1S/C17H24N4O/c1-20-10-7-16(8-11-20)21(2)12-9-17(22)19-15-5-3-14(13-18)4-6-15/h3-6,16H,7-12H2,1-2H3,(H,19,22). The van der Waals surface area contributed by atoms with Crippen LogP contribution in [0.15, 0.2) is 24.3 Å². The molecule has 0 atom stereocenters. The molecule has 5 nitrogen and oxygen atoms in total. The van der Waals surface area contributed by atoms with E-state index in [9.17, 15) is 4.79 Å². The zero-order valence-corrected chi connectivity index (χ0v) is 13.4. The van der Waals surface area contributed by atoms with Crippen LogP contribution in [0.3, 0.4) is 0 Å². The molecule has 5 heteroatoms. The molecule has 1 aliphatic heterocycles. The topological polar surface area (TPSA) is 59.4 Å². The van der Waals surface area contributed by atoms with Crippen molar-refractivity contribution >= 4 is 11.6 Å². The molecule has 0 radical (unpaired) electrons. The third-order valence-corrected chi connectivity index (χ3v) is 4.30.